The van der Waals surface area contributed by atoms with E-state index in [1.165, 1.54) is 12.4 Å². The molecule has 9 nitrogen and oxygen atoms in total. The number of likely N-dealkylation sites (N-methyl/N-ethyl adjacent to an activating group) is 1. The normalized spacial score (nSPS) is 13.4. The molecule has 31 heavy (non-hydrogen) atoms. The number of nitrogens with one attached hydrogen (secondary N) is 2. The summed E-state index contributed by atoms with van der Waals surface area (Å²) in [5.41, 5.74) is 2.95. The van der Waals surface area contributed by atoms with E-state index in [9.17, 15) is 14.7 Å². The number of amides is 1. The number of hydrogen-bond acceptors (Lipinski definition) is 7. The molecule has 0 unspecified atom stereocenters. The zero-order valence-electron chi connectivity index (χ0n) is 16.6. The number of carbonyl (C=O) groups is 2. The number of fused-ring (bicyclic) bond motifs is 1. The molecule has 0 spiro atoms. The number of nitrogens with zero attached hydrogens (tertiary/aromatic N) is 4. The maximum Gasteiger partial charge on any atom is 0.356 e. The van der Waals surface area contributed by atoms with Crippen molar-refractivity contribution in [3.05, 3.63) is 64.6 Å². The largest absolute Gasteiger partial charge is 0.476 e. The molecule has 0 radical (unpaired) electrons. The Bertz CT molecular complexity index is 1170. The van der Waals surface area contributed by atoms with Gasteiger partial charge in [0.1, 0.15) is 5.02 Å². The van der Waals surface area contributed by atoms with E-state index in [-0.39, 0.29) is 34.1 Å². The van der Waals surface area contributed by atoms with Gasteiger partial charge in [-0.3, -0.25) is 4.79 Å². The van der Waals surface area contributed by atoms with E-state index >= 15 is 0 Å². The SMILES string of the molecule is CN1CCc2ccc(Nc3ncc(Cl)c(Nc4cccnc4C(=O)O)n3)cc2CC1=O. The molecule has 1 aliphatic heterocycles. The van der Waals surface area contributed by atoms with Crippen LogP contribution in [0.1, 0.15) is 21.6 Å². The van der Waals surface area contributed by atoms with Gasteiger partial charge in [0.2, 0.25) is 11.9 Å². The van der Waals surface area contributed by atoms with Crippen LogP contribution in [0.15, 0.2) is 42.7 Å². The summed E-state index contributed by atoms with van der Waals surface area (Å²) in [6, 6.07) is 9.00. The van der Waals surface area contributed by atoms with E-state index in [1.54, 1.807) is 17.0 Å². The van der Waals surface area contributed by atoms with Crippen LogP contribution in [-0.4, -0.2) is 50.4 Å². The first-order valence-corrected chi connectivity index (χ1v) is 9.89. The fourth-order valence-electron chi connectivity index (χ4n) is 3.27. The highest BCUT2D eigenvalue weighted by molar-refractivity contribution is 6.33. The number of aromatic nitrogens is 3. The summed E-state index contributed by atoms with van der Waals surface area (Å²) >= 11 is 6.20. The van der Waals surface area contributed by atoms with Crippen LogP contribution in [-0.2, 0) is 17.6 Å². The van der Waals surface area contributed by atoms with Gasteiger partial charge in [-0.25, -0.2) is 14.8 Å². The van der Waals surface area contributed by atoms with Crippen LogP contribution in [0.3, 0.4) is 0 Å². The molecule has 0 fully saturated rings. The van der Waals surface area contributed by atoms with Gasteiger partial charge in [0.25, 0.3) is 0 Å². The van der Waals surface area contributed by atoms with Crippen molar-refractivity contribution in [2.45, 2.75) is 12.8 Å². The molecule has 1 amide bonds. The average Bonchev–Trinajstić information content (AvgIpc) is 2.89. The minimum Gasteiger partial charge on any atom is -0.476 e. The smallest absolute Gasteiger partial charge is 0.356 e. The van der Waals surface area contributed by atoms with E-state index in [0.29, 0.717) is 13.0 Å². The Morgan fingerprint density at radius 1 is 1.19 bits per heavy atom. The van der Waals surface area contributed by atoms with Gasteiger partial charge in [0, 0.05) is 25.5 Å². The molecule has 3 aromatic rings. The molecule has 3 heterocycles. The standard InChI is InChI=1S/C21H19ClN6O3/c1-28-8-6-12-4-5-14(9-13(12)10-17(28)29)25-21-24-11-15(22)19(27-21)26-16-3-2-7-23-18(16)20(30)31/h2-5,7,9,11H,6,8,10H2,1H3,(H,30,31)(H2,24,25,26,27). The lowest BCUT2D eigenvalue weighted by Crippen LogP contribution is -2.27. The van der Waals surface area contributed by atoms with Crippen LogP contribution >= 0.6 is 11.6 Å². The Hall–Kier alpha value is -3.72. The molecule has 0 aliphatic carbocycles. The summed E-state index contributed by atoms with van der Waals surface area (Å²) < 4.78 is 0. The molecule has 0 atom stereocenters. The zero-order valence-corrected chi connectivity index (χ0v) is 17.3. The Labute approximate surface area is 183 Å². The minimum atomic E-state index is -1.17. The van der Waals surface area contributed by atoms with Gasteiger partial charge in [-0.2, -0.15) is 4.98 Å². The highest BCUT2D eigenvalue weighted by atomic mass is 35.5. The summed E-state index contributed by atoms with van der Waals surface area (Å²) in [5.74, 6) is -0.585. The molecular weight excluding hydrogens is 420 g/mol. The van der Waals surface area contributed by atoms with Gasteiger partial charge in [0.15, 0.2) is 11.5 Å². The van der Waals surface area contributed by atoms with Crippen LogP contribution < -0.4 is 10.6 Å². The highest BCUT2D eigenvalue weighted by Gasteiger charge is 2.18. The summed E-state index contributed by atoms with van der Waals surface area (Å²) in [6.07, 6.45) is 3.96. The Morgan fingerprint density at radius 3 is 2.84 bits per heavy atom. The molecule has 10 heteroatoms. The van der Waals surface area contributed by atoms with Crippen LogP contribution in [0, 0.1) is 0 Å². The van der Waals surface area contributed by atoms with Gasteiger partial charge >= 0.3 is 5.97 Å². The number of anilines is 4. The third-order valence-corrected chi connectivity index (χ3v) is 5.23. The van der Waals surface area contributed by atoms with Gasteiger partial charge in [-0.05, 0) is 41.8 Å². The maximum atomic E-state index is 12.2. The molecule has 2 aromatic heterocycles. The Morgan fingerprint density at radius 2 is 2.03 bits per heavy atom. The van der Waals surface area contributed by atoms with Crippen molar-refractivity contribution >= 4 is 46.6 Å². The number of pyridine rings is 1. The molecule has 1 aliphatic rings. The van der Waals surface area contributed by atoms with Crippen molar-refractivity contribution in [3.8, 4) is 0 Å². The zero-order chi connectivity index (χ0) is 22.0. The number of halogens is 1. The summed E-state index contributed by atoms with van der Waals surface area (Å²) in [5, 5.41) is 15.5. The fourth-order valence-corrected chi connectivity index (χ4v) is 3.41. The summed E-state index contributed by atoms with van der Waals surface area (Å²) in [6.45, 7) is 0.695. The van der Waals surface area contributed by atoms with E-state index < -0.39 is 5.97 Å². The number of benzene rings is 1. The molecule has 1 aromatic carbocycles. The second kappa shape index (κ2) is 8.57. The molecule has 4 rings (SSSR count). The van der Waals surface area contributed by atoms with E-state index in [2.05, 4.69) is 25.6 Å². The minimum absolute atomic E-state index is 0.0795. The monoisotopic (exact) mass is 438 g/mol. The first-order valence-electron chi connectivity index (χ1n) is 9.51. The van der Waals surface area contributed by atoms with Crippen molar-refractivity contribution in [3.63, 3.8) is 0 Å². The van der Waals surface area contributed by atoms with Gasteiger partial charge in [-0.1, -0.05) is 17.7 Å². The summed E-state index contributed by atoms with van der Waals surface area (Å²) in [4.78, 5) is 37.7. The van der Waals surface area contributed by atoms with Gasteiger partial charge in [0.05, 0.1) is 18.3 Å². The first kappa shape index (κ1) is 20.5. The number of carboxylic acid groups (broad SMARTS) is 1. The van der Waals surface area contributed by atoms with Crippen molar-refractivity contribution in [2.75, 3.05) is 24.2 Å². The lowest BCUT2D eigenvalue weighted by Gasteiger charge is -2.12. The van der Waals surface area contributed by atoms with Crippen molar-refractivity contribution < 1.29 is 14.7 Å². The third kappa shape index (κ3) is 4.56. The molecule has 3 N–H and O–H groups in total. The first-order chi connectivity index (χ1) is 14.9. The number of carbonyl (C=O) groups excluding carboxylic acids is 1. The molecule has 0 saturated carbocycles. The van der Waals surface area contributed by atoms with Crippen molar-refractivity contribution in [1.29, 1.82) is 0 Å². The van der Waals surface area contributed by atoms with Crippen LogP contribution in [0.5, 0.6) is 0 Å². The predicted octanol–water partition coefficient (Wildman–Crippen LogP) is 3.27. The quantitative estimate of drug-likeness (QED) is 0.555. The maximum absolute atomic E-state index is 12.2. The molecule has 0 saturated heterocycles. The Balaban J connectivity index is 1.58. The second-order valence-electron chi connectivity index (χ2n) is 7.07. The molecular formula is C21H19ClN6O3. The van der Waals surface area contributed by atoms with E-state index in [0.717, 1.165) is 23.2 Å². The third-order valence-electron chi connectivity index (χ3n) is 4.95. The number of rotatable bonds is 5. The van der Waals surface area contributed by atoms with Crippen LogP contribution in [0.2, 0.25) is 5.02 Å². The Kier molecular flexibility index (Phi) is 5.68. The second-order valence-corrected chi connectivity index (χ2v) is 7.48. The molecule has 0 bridgehead atoms. The number of hydrogen-bond donors (Lipinski definition) is 3. The lowest BCUT2D eigenvalue weighted by molar-refractivity contribution is -0.128. The summed E-state index contributed by atoms with van der Waals surface area (Å²) in [7, 11) is 1.81. The van der Waals surface area contributed by atoms with Crippen molar-refractivity contribution in [2.24, 2.45) is 0 Å². The van der Waals surface area contributed by atoms with E-state index in [1.807, 2.05) is 25.2 Å². The number of aromatic carboxylic acids is 1. The lowest BCUT2D eigenvalue weighted by atomic mass is 10.0. The van der Waals surface area contributed by atoms with Gasteiger partial charge < -0.3 is 20.6 Å². The van der Waals surface area contributed by atoms with E-state index in [4.69, 9.17) is 11.6 Å². The molecule has 158 valence electrons. The highest BCUT2D eigenvalue weighted by Crippen LogP contribution is 2.27. The average molecular weight is 439 g/mol. The van der Waals surface area contributed by atoms with Crippen LogP contribution in [0.25, 0.3) is 0 Å². The fraction of sp³-hybridized carbons (Fsp3) is 0.190. The topological polar surface area (TPSA) is 120 Å². The van der Waals surface area contributed by atoms with Crippen LogP contribution in [0.4, 0.5) is 23.1 Å². The van der Waals surface area contributed by atoms with Gasteiger partial charge in [-0.15, -0.1) is 0 Å². The van der Waals surface area contributed by atoms with Crippen molar-refractivity contribution in [1.82, 2.24) is 19.9 Å². The predicted molar refractivity (Wildman–Crippen MR) is 116 cm³/mol. The number of carboxylic acids is 1.